The molecule has 1 aromatic rings. The lowest BCUT2D eigenvalue weighted by Crippen LogP contribution is -2.18. The summed E-state index contributed by atoms with van der Waals surface area (Å²) in [5.41, 5.74) is -0.837. The molecular weight excluding hydrogens is 245 g/mol. The van der Waals surface area contributed by atoms with Crippen LogP contribution < -0.4 is 4.74 Å². The molecule has 17 heavy (non-hydrogen) atoms. The molecule has 0 saturated heterocycles. The van der Waals surface area contributed by atoms with Crippen molar-refractivity contribution in [2.24, 2.45) is 0 Å². The van der Waals surface area contributed by atoms with Gasteiger partial charge in [-0.05, 0) is 16.8 Å². The van der Waals surface area contributed by atoms with Crippen molar-refractivity contribution < 1.29 is 27.6 Å². The SMILES string of the molecule is Cc1c(OC(F)(F)F)cnc([N+](=O)[O-])c1C=O. The van der Waals surface area contributed by atoms with Gasteiger partial charge in [0.25, 0.3) is 0 Å². The topological polar surface area (TPSA) is 82.3 Å². The van der Waals surface area contributed by atoms with E-state index >= 15 is 0 Å². The van der Waals surface area contributed by atoms with Crippen molar-refractivity contribution in [1.29, 1.82) is 0 Å². The Morgan fingerprint density at radius 1 is 1.53 bits per heavy atom. The summed E-state index contributed by atoms with van der Waals surface area (Å²) in [6.45, 7) is 1.10. The van der Waals surface area contributed by atoms with E-state index in [0.717, 1.165) is 6.92 Å². The normalized spacial score (nSPS) is 11.1. The van der Waals surface area contributed by atoms with E-state index in [0.29, 0.717) is 6.20 Å². The average molecular weight is 250 g/mol. The van der Waals surface area contributed by atoms with Crippen molar-refractivity contribution in [1.82, 2.24) is 4.98 Å². The lowest BCUT2D eigenvalue weighted by Gasteiger charge is -2.10. The molecule has 0 aromatic carbocycles. The van der Waals surface area contributed by atoms with Crippen LogP contribution >= 0.6 is 0 Å². The predicted molar refractivity (Wildman–Crippen MR) is 47.7 cm³/mol. The van der Waals surface area contributed by atoms with E-state index in [2.05, 4.69) is 9.72 Å². The Labute approximate surface area is 92.2 Å². The fourth-order valence-electron chi connectivity index (χ4n) is 1.10. The van der Waals surface area contributed by atoms with Crippen LogP contribution in [0.4, 0.5) is 19.0 Å². The molecule has 0 fully saturated rings. The number of ether oxygens (including phenoxy) is 1. The Balaban J connectivity index is 3.30. The monoisotopic (exact) mass is 250 g/mol. The number of nitrogens with zero attached hydrogens (tertiary/aromatic N) is 2. The fourth-order valence-corrected chi connectivity index (χ4v) is 1.10. The van der Waals surface area contributed by atoms with Crippen LogP contribution in [0.15, 0.2) is 6.20 Å². The fraction of sp³-hybridized carbons (Fsp3) is 0.250. The summed E-state index contributed by atoms with van der Waals surface area (Å²) in [6, 6.07) is 0. The van der Waals surface area contributed by atoms with Crippen LogP contribution in [0.1, 0.15) is 15.9 Å². The quantitative estimate of drug-likeness (QED) is 0.465. The maximum atomic E-state index is 11.9. The second-order valence-corrected chi connectivity index (χ2v) is 2.91. The highest BCUT2D eigenvalue weighted by atomic mass is 19.4. The Morgan fingerprint density at radius 3 is 2.53 bits per heavy atom. The first kappa shape index (κ1) is 12.9. The number of carbonyl (C=O) groups is 1. The second kappa shape index (κ2) is 4.36. The maximum absolute atomic E-state index is 11.9. The van der Waals surface area contributed by atoms with Gasteiger partial charge >= 0.3 is 12.2 Å². The van der Waals surface area contributed by atoms with Crippen LogP contribution in [0.3, 0.4) is 0 Å². The predicted octanol–water partition coefficient (Wildman–Crippen LogP) is 2.01. The van der Waals surface area contributed by atoms with Gasteiger partial charge in [-0.25, -0.2) is 0 Å². The molecule has 0 unspecified atom stereocenters. The molecule has 0 radical (unpaired) electrons. The first-order chi connectivity index (χ1) is 7.76. The van der Waals surface area contributed by atoms with Gasteiger partial charge in [0.15, 0.2) is 18.2 Å². The molecule has 0 saturated carbocycles. The lowest BCUT2D eigenvalue weighted by atomic mass is 10.1. The first-order valence-electron chi connectivity index (χ1n) is 4.11. The van der Waals surface area contributed by atoms with Gasteiger partial charge in [0.2, 0.25) is 0 Å². The summed E-state index contributed by atoms with van der Waals surface area (Å²) in [4.78, 5) is 23.2. The standard InChI is InChI=1S/C8H5F3N2O4/c1-4-5(3-14)7(13(15)16)12-2-6(4)17-8(9,10)11/h2-3H,1H3. The number of nitro groups is 1. The van der Waals surface area contributed by atoms with Crippen molar-refractivity contribution in [2.75, 3.05) is 0 Å². The third-order valence-electron chi connectivity index (χ3n) is 1.84. The lowest BCUT2D eigenvalue weighted by molar-refractivity contribution is -0.389. The molecule has 0 N–H and O–H groups in total. The van der Waals surface area contributed by atoms with E-state index in [4.69, 9.17) is 0 Å². The minimum atomic E-state index is -4.96. The third kappa shape index (κ3) is 2.89. The van der Waals surface area contributed by atoms with Crippen LogP contribution in [0.2, 0.25) is 0 Å². The first-order valence-corrected chi connectivity index (χ1v) is 4.11. The average Bonchev–Trinajstić information content (AvgIpc) is 2.18. The molecule has 92 valence electrons. The number of rotatable bonds is 3. The van der Waals surface area contributed by atoms with Crippen molar-refractivity contribution in [3.05, 3.63) is 27.4 Å². The van der Waals surface area contributed by atoms with E-state index in [9.17, 15) is 28.1 Å². The zero-order chi connectivity index (χ0) is 13.2. The molecule has 9 heteroatoms. The Kier molecular flexibility index (Phi) is 3.30. The van der Waals surface area contributed by atoms with E-state index < -0.39 is 28.4 Å². The van der Waals surface area contributed by atoms with Gasteiger partial charge in [-0.1, -0.05) is 0 Å². The number of pyridine rings is 1. The van der Waals surface area contributed by atoms with Crippen molar-refractivity contribution >= 4 is 12.1 Å². The molecule has 0 bridgehead atoms. The molecule has 1 rings (SSSR count). The van der Waals surface area contributed by atoms with Crippen LogP contribution in [-0.2, 0) is 0 Å². The number of alkyl halides is 3. The largest absolute Gasteiger partial charge is 0.573 e. The minimum absolute atomic E-state index is 0.0592. The van der Waals surface area contributed by atoms with Gasteiger partial charge in [0, 0.05) is 5.56 Å². The van der Waals surface area contributed by atoms with Gasteiger partial charge in [0.1, 0.15) is 5.56 Å². The van der Waals surface area contributed by atoms with Crippen molar-refractivity contribution in [3.8, 4) is 5.75 Å². The molecule has 6 nitrogen and oxygen atoms in total. The molecule has 0 atom stereocenters. The molecule has 0 aliphatic rings. The smallest absolute Gasteiger partial charge is 0.401 e. The van der Waals surface area contributed by atoms with E-state index in [1.165, 1.54) is 0 Å². The zero-order valence-electron chi connectivity index (χ0n) is 8.32. The zero-order valence-corrected chi connectivity index (χ0v) is 8.32. The minimum Gasteiger partial charge on any atom is -0.401 e. The van der Waals surface area contributed by atoms with E-state index in [-0.39, 0.29) is 11.8 Å². The maximum Gasteiger partial charge on any atom is 0.573 e. The van der Waals surface area contributed by atoms with Crippen LogP contribution in [0.25, 0.3) is 0 Å². The molecular formula is C8H5F3N2O4. The number of hydrogen-bond acceptors (Lipinski definition) is 5. The van der Waals surface area contributed by atoms with Crippen LogP contribution in [-0.4, -0.2) is 22.6 Å². The highest BCUT2D eigenvalue weighted by Gasteiger charge is 2.34. The molecule has 0 aliphatic heterocycles. The van der Waals surface area contributed by atoms with Gasteiger partial charge < -0.3 is 14.9 Å². The number of carbonyl (C=O) groups excluding carboxylic acids is 1. The third-order valence-corrected chi connectivity index (χ3v) is 1.84. The summed E-state index contributed by atoms with van der Waals surface area (Å²) in [7, 11) is 0. The van der Waals surface area contributed by atoms with E-state index in [1.54, 1.807) is 0 Å². The van der Waals surface area contributed by atoms with Crippen LogP contribution in [0.5, 0.6) is 5.75 Å². The van der Waals surface area contributed by atoms with Crippen LogP contribution in [0, 0.1) is 17.0 Å². The summed E-state index contributed by atoms with van der Waals surface area (Å²) in [5, 5.41) is 10.5. The highest BCUT2D eigenvalue weighted by Crippen LogP contribution is 2.30. The van der Waals surface area contributed by atoms with Gasteiger partial charge in [-0.2, -0.15) is 0 Å². The van der Waals surface area contributed by atoms with E-state index in [1.807, 2.05) is 0 Å². The summed E-state index contributed by atoms with van der Waals surface area (Å²) in [6.07, 6.45) is -4.35. The summed E-state index contributed by atoms with van der Waals surface area (Å²) >= 11 is 0. The number of aromatic nitrogens is 1. The highest BCUT2D eigenvalue weighted by molar-refractivity contribution is 5.83. The Bertz CT molecular complexity index is 473. The van der Waals surface area contributed by atoms with Crippen molar-refractivity contribution in [3.63, 3.8) is 0 Å². The molecule has 0 amide bonds. The Hall–Kier alpha value is -2.19. The second-order valence-electron chi connectivity index (χ2n) is 2.91. The molecule has 0 spiro atoms. The summed E-state index contributed by atoms with van der Waals surface area (Å²) in [5.74, 6) is -1.56. The number of halogens is 3. The van der Waals surface area contributed by atoms with Gasteiger partial charge in [-0.15, -0.1) is 13.2 Å². The number of hydrogen-bond donors (Lipinski definition) is 0. The Morgan fingerprint density at radius 2 is 2.12 bits per heavy atom. The van der Waals surface area contributed by atoms with Crippen molar-refractivity contribution in [2.45, 2.75) is 13.3 Å². The molecule has 1 aromatic heterocycles. The van der Waals surface area contributed by atoms with Gasteiger partial charge in [-0.3, -0.25) is 4.79 Å². The number of aldehydes is 1. The van der Waals surface area contributed by atoms with Gasteiger partial charge in [0.05, 0.1) is 0 Å². The molecule has 0 aliphatic carbocycles. The summed E-state index contributed by atoms with van der Waals surface area (Å²) < 4.78 is 39.4. The molecule has 1 heterocycles.